The third-order valence-corrected chi connectivity index (χ3v) is 4.56. The van der Waals surface area contributed by atoms with Gasteiger partial charge in [0, 0.05) is 18.4 Å². The minimum absolute atomic E-state index is 0.0118. The van der Waals surface area contributed by atoms with Crippen molar-refractivity contribution < 1.29 is 14.5 Å². The SMILES string of the molecule is Cc1ccc(C(=O)CCC(=O)N[C@@H](C[NH+](C)C)c2ccccc2)cc1C. The van der Waals surface area contributed by atoms with Crippen molar-refractivity contribution in [1.29, 1.82) is 0 Å². The Labute approximate surface area is 156 Å². The van der Waals surface area contributed by atoms with Crippen LogP contribution in [0.15, 0.2) is 48.5 Å². The predicted octanol–water partition coefficient (Wildman–Crippen LogP) is 2.27. The van der Waals surface area contributed by atoms with Crippen molar-refractivity contribution in [3.8, 4) is 0 Å². The summed E-state index contributed by atoms with van der Waals surface area (Å²) in [5.74, 6) is -0.0740. The molecular weight excluding hydrogens is 324 g/mol. The van der Waals surface area contributed by atoms with Gasteiger partial charge in [0.1, 0.15) is 12.6 Å². The number of hydrogen-bond donors (Lipinski definition) is 2. The molecule has 1 atom stereocenters. The van der Waals surface area contributed by atoms with E-state index in [0.717, 1.165) is 23.2 Å². The highest BCUT2D eigenvalue weighted by atomic mass is 16.2. The van der Waals surface area contributed by atoms with Crippen LogP contribution in [0, 0.1) is 13.8 Å². The molecule has 0 fully saturated rings. The van der Waals surface area contributed by atoms with Crippen molar-refractivity contribution in [3.05, 3.63) is 70.8 Å². The molecule has 2 aromatic rings. The Morgan fingerprint density at radius 3 is 2.27 bits per heavy atom. The highest BCUT2D eigenvalue weighted by Gasteiger charge is 2.18. The Morgan fingerprint density at radius 2 is 1.65 bits per heavy atom. The molecule has 2 aromatic carbocycles. The first-order valence-corrected chi connectivity index (χ1v) is 9.10. The van der Waals surface area contributed by atoms with Crippen molar-refractivity contribution in [2.75, 3.05) is 20.6 Å². The minimum atomic E-state index is -0.0858. The molecule has 0 saturated heterocycles. The molecule has 0 saturated carbocycles. The van der Waals surface area contributed by atoms with Crippen LogP contribution in [0.5, 0.6) is 0 Å². The Morgan fingerprint density at radius 1 is 0.962 bits per heavy atom. The second kappa shape index (κ2) is 9.30. The molecule has 0 aromatic heterocycles. The smallest absolute Gasteiger partial charge is 0.221 e. The minimum Gasteiger partial charge on any atom is -0.344 e. The summed E-state index contributed by atoms with van der Waals surface area (Å²) in [7, 11) is 4.12. The van der Waals surface area contributed by atoms with E-state index in [4.69, 9.17) is 0 Å². The first kappa shape index (κ1) is 19.9. The molecule has 0 heterocycles. The number of aryl methyl sites for hydroxylation is 2. The van der Waals surface area contributed by atoms with Gasteiger partial charge in [-0.1, -0.05) is 42.5 Å². The summed E-state index contributed by atoms with van der Waals surface area (Å²) in [6.45, 7) is 4.81. The van der Waals surface area contributed by atoms with E-state index in [9.17, 15) is 9.59 Å². The van der Waals surface area contributed by atoms with Crippen LogP contribution >= 0.6 is 0 Å². The number of rotatable bonds is 8. The van der Waals surface area contributed by atoms with Gasteiger partial charge in [-0.15, -0.1) is 0 Å². The van der Waals surface area contributed by atoms with E-state index in [-0.39, 0.29) is 30.6 Å². The van der Waals surface area contributed by atoms with Crippen molar-refractivity contribution in [3.63, 3.8) is 0 Å². The number of likely N-dealkylation sites (N-methyl/N-ethyl adjacent to an activating group) is 1. The zero-order chi connectivity index (χ0) is 19.1. The third-order valence-electron chi connectivity index (χ3n) is 4.56. The summed E-state index contributed by atoms with van der Waals surface area (Å²) in [6, 6.07) is 15.6. The highest BCUT2D eigenvalue weighted by molar-refractivity contribution is 5.98. The molecule has 0 aliphatic rings. The van der Waals surface area contributed by atoms with Gasteiger partial charge < -0.3 is 10.2 Å². The van der Waals surface area contributed by atoms with Gasteiger partial charge in [0.05, 0.1) is 14.1 Å². The number of carbonyl (C=O) groups is 2. The molecule has 0 bridgehead atoms. The maximum atomic E-state index is 12.4. The monoisotopic (exact) mass is 353 g/mol. The average molecular weight is 353 g/mol. The summed E-state index contributed by atoms with van der Waals surface area (Å²) >= 11 is 0. The molecule has 0 spiro atoms. The second-order valence-corrected chi connectivity index (χ2v) is 7.16. The maximum absolute atomic E-state index is 12.4. The number of benzene rings is 2. The third kappa shape index (κ3) is 5.81. The van der Waals surface area contributed by atoms with Crippen molar-refractivity contribution >= 4 is 11.7 Å². The number of nitrogens with one attached hydrogen (secondary N) is 2. The molecule has 0 radical (unpaired) electrons. The lowest BCUT2D eigenvalue weighted by atomic mass is 10.0. The molecule has 0 aliphatic heterocycles. The number of ketones is 1. The maximum Gasteiger partial charge on any atom is 0.221 e. The van der Waals surface area contributed by atoms with Crippen LogP contribution < -0.4 is 10.2 Å². The average Bonchev–Trinajstić information content (AvgIpc) is 2.62. The number of Topliss-reactive ketones (excluding diaryl/α,β-unsaturated/α-hetero) is 1. The first-order valence-electron chi connectivity index (χ1n) is 9.10. The Kier molecular flexibility index (Phi) is 7.10. The zero-order valence-corrected chi connectivity index (χ0v) is 16.1. The van der Waals surface area contributed by atoms with Gasteiger partial charge in [0.15, 0.2) is 5.78 Å². The molecule has 2 N–H and O–H groups in total. The van der Waals surface area contributed by atoms with Gasteiger partial charge in [-0.2, -0.15) is 0 Å². The van der Waals surface area contributed by atoms with Crippen LogP contribution in [-0.4, -0.2) is 32.3 Å². The molecule has 1 amide bonds. The summed E-state index contributed by atoms with van der Waals surface area (Å²) in [5.41, 5.74) is 4.02. The van der Waals surface area contributed by atoms with E-state index in [1.54, 1.807) is 0 Å². The van der Waals surface area contributed by atoms with Gasteiger partial charge in [-0.05, 0) is 36.6 Å². The summed E-state index contributed by atoms with van der Waals surface area (Å²) < 4.78 is 0. The van der Waals surface area contributed by atoms with E-state index >= 15 is 0 Å². The second-order valence-electron chi connectivity index (χ2n) is 7.16. The first-order chi connectivity index (χ1) is 12.4. The Hall–Kier alpha value is -2.46. The van der Waals surface area contributed by atoms with Crippen LogP contribution in [0.2, 0.25) is 0 Å². The van der Waals surface area contributed by atoms with Crippen LogP contribution in [0.4, 0.5) is 0 Å². The van der Waals surface area contributed by atoms with E-state index in [1.807, 2.05) is 62.4 Å². The molecule has 4 nitrogen and oxygen atoms in total. The number of amides is 1. The molecule has 138 valence electrons. The van der Waals surface area contributed by atoms with Gasteiger partial charge >= 0.3 is 0 Å². The predicted molar refractivity (Wildman–Crippen MR) is 104 cm³/mol. The van der Waals surface area contributed by atoms with Crippen LogP contribution in [0.1, 0.15) is 45.9 Å². The van der Waals surface area contributed by atoms with E-state index in [2.05, 4.69) is 19.4 Å². The van der Waals surface area contributed by atoms with Gasteiger partial charge in [-0.3, -0.25) is 9.59 Å². The zero-order valence-electron chi connectivity index (χ0n) is 16.1. The van der Waals surface area contributed by atoms with Crippen molar-refractivity contribution in [2.24, 2.45) is 0 Å². The summed E-state index contributed by atoms with van der Waals surface area (Å²) in [6.07, 6.45) is 0.433. The molecule has 0 aliphatic carbocycles. The summed E-state index contributed by atoms with van der Waals surface area (Å²) in [5, 5.41) is 3.08. The van der Waals surface area contributed by atoms with Gasteiger partial charge in [0.25, 0.3) is 0 Å². The summed E-state index contributed by atoms with van der Waals surface area (Å²) in [4.78, 5) is 26.0. The number of quaternary nitrogens is 1. The fourth-order valence-corrected chi connectivity index (χ4v) is 2.90. The van der Waals surface area contributed by atoms with E-state index in [0.29, 0.717) is 5.56 Å². The van der Waals surface area contributed by atoms with Crippen LogP contribution in [0.3, 0.4) is 0 Å². The largest absolute Gasteiger partial charge is 0.344 e. The number of hydrogen-bond acceptors (Lipinski definition) is 2. The van der Waals surface area contributed by atoms with Gasteiger partial charge in [0.2, 0.25) is 5.91 Å². The van der Waals surface area contributed by atoms with Crippen molar-refractivity contribution in [2.45, 2.75) is 32.7 Å². The Bertz CT molecular complexity index is 754. The van der Waals surface area contributed by atoms with Crippen LogP contribution in [-0.2, 0) is 4.79 Å². The lowest BCUT2D eigenvalue weighted by Crippen LogP contribution is -3.06. The molecule has 4 heteroatoms. The molecule has 2 rings (SSSR count). The topological polar surface area (TPSA) is 50.6 Å². The molecule has 26 heavy (non-hydrogen) atoms. The Balaban J connectivity index is 1.95. The van der Waals surface area contributed by atoms with Crippen LogP contribution in [0.25, 0.3) is 0 Å². The highest BCUT2D eigenvalue weighted by Crippen LogP contribution is 2.14. The normalized spacial score (nSPS) is 12.0. The number of carbonyl (C=O) groups excluding carboxylic acids is 2. The van der Waals surface area contributed by atoms with Crippen molar-refractivity contribution in [1.82, 2.24) is 5.32 Å². The fraction of sp³-hybridized carbons (Fsp3) is 0.364. The molecular formula is C22H29N2O2+. The molecule has 0 unspecified atom stereocenters. The lowest BCUT2D eigenvalue weighted by Gasteiger charge is -2.20. The lowest BCUT2D eigenvalue weighted by molar-refractivity contribution is -0.860. The standard InChI is InChI=1S/C22H28N2O2/c1-16-10-11-19(14-17(16)2)21(25)12-13-22(26)23-20(15-24(3)4)18-8-6-5-7-9-18/h5-11,14,20H,12-13,15H2,1-4H3,(H,23,26)/p+1/t20-/m0/s1. The van der Waals surface area contributed by atoms with E-state index < -0.39 is 0 Å². The fourth-order valence-electron chi connectivity index (χ4n) is 2.90. The quantitative estimate of drug-likeness (QED) is 0.716. The van der Waals surface area contributed by atoms with Gasteiger partial charge in [-0.25, -0.2) is 0 Å². The van der Waals surface area contributed by atoms with E-state index in [1.165, 1.54) is 4.90 Å².